The van der Waals surface area contributed by atoms with Gasteiger partial charge in [-0.3, -0.25) is 14.5 Å². The van der Waals surface area contributed by atoms with E-state index in [1.165, 1.54) is 0 Å². The van der Waals surface area contributed by atoms with Gasteiger partial charge in [0.05, 0.1) is 12.0 Å². The topological polar surface area (TPSA) is 78.9 Å². The van der Waals surface area contributed by atoms with E-state index in [0.717, 1.165) is 32.2 Å². The average Bonchev–Trinajstić information content (AvgIpc) is 3.23. The van der Waals surface area contributed by atoms with Gasteiger partial charge in [-0.1, -0.05) is 0 Å². The molecule has 120 valence electrons. The Labute approximate surface area is 125 Å². The van der Waals surface area contributed by atoms with Crippen molar-refractivity contribution in [3.63, 3.8) is 0 Å². The fourth-order valence-corrected chi connectivity index (χ4v) is 3.11. The molecular weight excluding hydrogens is 272 g/mol. The standard InChI is InChI=1S/C15H26N2O4/c1-21-9-3-7-15(14(19)20)6-2-8-17(11-15)10-13(18)16-12-4-5-12/h12H,2-11H2,1H3,(H,16,18)(H,19,20)/t15-/m1/s1. The van der Waals surface area contributed by atoms with E-state index in [1.807, 2.05) is 4.90 Å². The van der Waals surface area contributed by atoms with Crippen molar-refractivity contribution in [2.24, 2.45) is 5.41 Å². The van der Waals surface area contributed by atoms with Gasteiger partial charge in [-0.05, 0) is 45.1 Å². The molecule has 6 heteroatoms. The molecule has 0 aromatic heterocycles. The van der Waals surface area contributed by atoms with Gasteiger partial charge in [0, 0.05) is 26.3 Å². The van der Waals surface area contributed by atoms with E-state index in [0.29, 0.717) is 38.6 Å². The Bertz CT molecular complexity index is 384. The quantitative estimate of drug-likeness (QED) is 0.650. The van der Waals surface area contributed by atoms with Crippen molar-refractivity contribution in [2.75, 3.05) is 33.4 Å². The van der Waals surface area contributed by atoms with Crippen molar-refractivity contribution in [3.05, 3.63) is 0 Å². The highest BCUT2D eigenvalue weighted by molar-refractivity contribution is 5.79. The normalized spacial score (nSPS) is 26.5. The van der Waals surface area contributed by atoms with Crippen LogP contribution in [0.5, 0.6) is 0 Å². The number of likely N-dealkylation sites (tertiary alicyclic amines) is 1. The Morgan fingerprint density at radius 1 is 1.43 bits per heavy atom. The van der Waals surface area contributed by atoms with Crippen molar-refractivity contribution in [2.45, 2.75) is 44.6 Å². The summed E-state index contributed by atoms with van der Waals surface area (Å²) in [5.74, 6) is -0.721. The number of amides is 1. The van der Waals surface area contributed by atoms with Crippen LogP contribution in [0.25, 0.3) is 0 Å². The lowest BCUT2D eigenvalue weighted by molar-refractivity contribution is -0.154. The van der Waals surface area contributed by atoms with Crippen molar-refractivity contribution >= 4 is 11.9 Å². The number of carbonyl (C=O) groups excluding carboxylic acids is 1. The van der Waals surface area contributed by atoms with Crippen LogP contribution >= 0.6 is 0 Å². The molecule has 6 nitrogen and oxygen atoms in total. The van der Waals surface area contributed by atoms with Gasteiger partial charge in [0.2, 0.25) is 5.91 Å². The van der Waals surface area contributed by atoms with Crippen LogP contribution in [0.2, 0.25) is 0 Å². The van der Waals surface area contributed by atoms with E-state index < -0.39 is 11.4 Å². The van der Waals surface area contributed by atoms with Crippen LogP contribution < -0.4 is 5.32 Å². The largest absolute Gasteiger partial charge is 0.481 e. The van der Waals surface area contributed by atoms with Crippen LogP contribution in [0.3, 0.4) is 0 Å². The zero-order chi connectivity index (χ0) is 15.3. The van der Waals surface area contributed by atoms with Crippen molar-refractivity contribution in [1.82, 2.24) is 10.2 Å². The van der Waals surface area contributed by atoms with E-state index in [9.17, 15) is 14.7 Å². The van der Waals surface area contributed by atoms with Crippen LogP contribution in [-0.4, -0.2) is 61.3 Å². The molecule has 21 heavy (non-hydrogen) atoms. The molecule has 0 radical (unpaired) electrons. The van der Waals surface area contributed by atoms with Crippen LogP contribution in [0, 0.1) is 5.41 Å². The molecule has 0 aromatic rings. The number of methoxy groups -OCH3 is 1. The number of nitrogens with zero attached hydrogens (tertiary/aromatic N) is 1. The van der Waals surface area contributed by atoms with Gasteiger partial charge in [0.15, 0.2) is 0 Å². The zero-order valence-electron chi connectivity index (χ0n) is 12.8. The fraction of sp³-hybridized carbons (Fsp3) is 0.867. The van der Waals surface area contributed by atoms with Gasteiger partial charge in [0.25, 0.3) is 0 Å². The number of piperidine rings is 1. The van der Waals surface area contributed by atoms with Crippen LogP contribution in [0.1, 0.15) is 38.5 Å². The minimum absolute atomic E-state index is 0.0237. The lowest BCUT2D eigenvalue weighted by atomic mass is 9.76. The molecule has 1 saturated carbocycles. The lowest BCUT2D eigenvalue weighted by Gasteiger charge is -2.39. The molecule has 1 aliphatic carbocycles. The number of hydrogen-bond donors (Lipinski definition) is 2. The van der Waals surface area contributed by atoms with Gasteiger partial charge in [0.1, 0.15) is 0 Å². The molecule has 1 heterocycles. The van der Waals surface area contributed by atoms with Crippen LogP contribution in [-0.2, 0) is 14.3 Å². The maximum atomic E-state index is 11.9. The van der Waals surface area contributed by atoms with Gasteiger partial charge >= 0.3 is 5.97 Å². The lowest BCUT2D eigenvalue weighted by Crippen LogP contribution is -2.50. The van der Waals surface area contributed by atoms with Crippen LogP contribution in [0.4, 0.5) is 0 Å². The first kappa shape index (κ1) is 16.2. The van der Waals surface area contributed by atoms with Crippen LogP contribution in [0.15, 0.2) is 0 Å². The predicted molar refractivity (Wildman–Crippen MR) is 78.0 cm³/mol. The van der Waals surface area contributed by atoms with Gasteiger partial charge in [-0.2, -0.15) is 0 Å². The number of carboxylic acid groups (broad SMARTS) is 1. The summed E-state index contributed by atoms with van der Waals surface area (Å²) >= 11 is 0. The highest BCUT2D eigenvalue weighted by atomic mass is 16.5. The summed E-state index contributed by atoms with van der Waals surface area (Å²) in [7, 11) is 1.63. The maximum Gasteiger partial charge on any atom is 0.310 e. The van der Waals surface area contributed by atoms with E-state index >= 15 is 0 Å². The summed E-state index contributed by atoms with van der Waals surface area (Å²) in [5, 5.41) is 12.6. The number of nitrogens with one attached hydrogen (secondary N) is 1. The molecule has 1 saturated heterocycles. The molecule has 1 aliphatic heterocycles. The number of carboxylic acids is 1. The highest BCUT2D eigenvalue weighted by Crippen LogP contribution is 2.35. The molecule has 1 atom stereocenters. The van der Waals surface area contributed by atoms with Crippen molar-refractivity contribution in [3.8, 4) is 0 Å². The number of hydrogen-bond acceptors (Lipinski definition) is 4. The third-order valence-electron chi connectivity index (χ3n) is 4.42. The first-order chi connectivity index (χ1) is 10.1. The van der Waals surface area contributed by atoms with Crippen molar-refractivity contribution in [1.29, 1.82) is 0 Å². The molecule has 2 fully saturated rings. The molecule has 2 rings (SSSR count). The summed E-state index contributed by atoms with van der Waals surface area (Å²) in [4.78, 5) is 25.6. The molecular formula is C15H26N2O4. The number of carbonyl (C=O) groups is 2. The molecule has 2 aliphatic rings. The predicted octanol–water partition coefficient (Wildman–Crippen LogP) is 0.858. The smallest absolute Gasteiger partial charge is 0.310 e. The molecule has 0 spiro atoms. The Kier molecular flexibility index (Phi) is 5.58. The minimum Gasteiger partial charge on any atom is -0.481 e. The average molecular weight is 298 g/mol. The number of aliphatic carboxylic acids is 1. The first-order valence-electron chi connectivity index (χ1n) is 7.80. The van der Waals surface area contributed by atoms with E-state index in [4.69, 9.17) is 4.74 Å². The second kappa shape index (κ2) is 7.22. The fourth-order valence-electron chi connectivity index (χ4n) is 3.11. The second-order valence-electron chi connectivity index (χ2n) is 6.34. The third kappa shape index (κ3) is 4.68. The summed E-state index contributed by atoms with van der Waals surface area (Å²) in [6, 6.07) is 0.355. The summed E-state index contributed by atoms with van der Waals surface area (Å²) < 4.78 is 5.03. The zero-order valence-corrected chi connectivity index (χ0v) is 12.8. The third-order valence-corrected chi connectivity index (χ3v) is 4.42. The van der Waals surface area contributed by atoms with Gasteiger partial charge in [-0.25, -0.2) is 0 Å². The SMILES string of the molecule is COCCC[C@]1(C(=O)O)CCCN(CC(=O)NC2CC2)C1. The Morgan fingerprint density at radius 2 is 2.19 bits per heavy atom. The van der Waals surface area contributed by atoms with Crippen molar-refractivity contribution < 1.29 is 19.4 Å². The molecule has 0 aromatic carbocycles. The van der Waals surface area contributed by atoms with Gasteiger partial charge < -0.3 is 15.2 Å². The van der Waals surface area contributed by atoms with E-state index in [2.05, 4.69) is 5.32 Å². The second-order valence-corrected chi connectivity index (χ2v) is 6.34. The van der Waals surface area contributed by atoms with E-state index in [-0.39, 0.29) is 5.91 Å². The van der Waals surface area contributed by atoms with Gasteiger partial charge in [-0.15, -0.1) is 0 Å². The number of ether oxygens (including phenoxy) is 1. The summed E-state index contributed by atoms with van der Waals surface area (Å²) in [6.07, 6.45) is 5.01. The summed E-state index contributed by atoms with van der Waals surface area (Å²) in [6.45, 7) is 2.16. The Balaban J connectivity index is 1.88. The number of rotatable bonds is 8. The molecule has 1 amide bonds. The Morgan fingerprint density at radius 3 is 2.81 bits per heavy atom. The monoisotopic (exact) mass is 298 g/mol. The summed E-state index contributed by atoms with van der Waals surface area (Å²) in [5.41, 5.74) is -0.726. The first-order valence-corrected chi connectivity index (χ1v) is 7.80. The Hall–Kier alpha value is -1.14. The minimum atomic E-state index is -0.745. The molecule has 2 N–H and O–H groups in total. The van der Waals surface area contributed by atoms with E-state index in [1.54, 1.807) is 7.11 Å². The molecule has 0 unspecified atom stereocenters. The molecule has 0 bridgehead atoms. The maximum absolute atomic E-state index is 11.9. The highest BCUT2D eigenvalue weighted by Gasteiger charge is 2.42.